The summed E-state index contributed by atoms with van der Waals surface area (Å²) in [6.07, 6.45) is 3.56. The molecule has 0 aliphatic carbocycles. The molecule has 2 heterocycles. The lowest BCUT2D eigenvalue weighted by Crippen LogP contribution is -2.39. The van der Waals surface area contributed by atoms with E-state index in [1.165, 1.54) is 6.42 Å². The lowest BCUT2D eigenvalue weighted by molar-refractivity contribution is -0.124. The minimum Gasteiger partial charge on any atom is -0.368 e. The average molecular weight is 316 g/mol. The molecule has 5 heteroatoms. The smallest absolute Gasteiger partial charge is 0.253 e. The van der Waals surface area contributed by atoms with E-state index in [4.69, 9.17) is 4.74 Å². The van der Waals surface area contributed by atoms with Crippen molar-refractivity contribution in [2.24, 2.45) is 5.92 Å². The molecule has 2 saturated heterocycles. The van der Waals surface area contributed by atoms with Crippen LogP contribution >= 0.6 is 0 Å². The maximum atomic E-state index is 12.6. The predicted octanol–water partition coefficient (Wildman–Crippen LogP) is 2.68. The molecule has 2 aliphatic heterocycles. The van der Waals surface area contributed by atoms with Crippen molar-refractivity contribution < 1.29 is 14.3 Å². The highest BCUT2D eigenvalue weighted by atomic mass is 16.5. The van der Waals surface area contributed by atoms with Crippen molar-refractivity contribution in [3.63, 3.8) is 0 Å². The fourth-order valence-corrected chi connectivity index (χ4v) is 3.29. The first-order valence-corrected chi connectivity index (χ1v) is 8.45. The van der Waals surface area contributed by atoms with Gasteiger partial charge in [0.2, 0.25) is 0 Å². The Hall–Kier alpha value is -1.88. The number of anilines is 1. The number of hydrogen-bond donors (Lipinski definition) is 1. The molecule has 0 saturated carbocycles. The Balaban J connectivity index is 1.66. The molecule has 1 aromatic carbocycles. The van der Waals surface area contributed by atoms with Crippen LogP contribution in [0.1, 0.15) is 43.0 Å². The fourth-order valence-electron chi connectivity index (χ4n) is 3.29. The molecule has 2 fully saturated rings. The molecule has 23 heavy (non-hydrogen) atoms. The van der Waals surface area contributed by atoms with Crippen molar-refractivity contribution in [3.05, 3.63) is 29.8 Å². The van der Waals surface area contributed by atoms with E-state index in [0.717, 1.165) is 32.4 Å². The van der Waals surface area contributed by atoms with Gasteiger partial charge in [0.1, 0.15) is 6.10 Å². The third-order valence-corrected chi connectivity index (χ3v) is 4.54. The van der Waals surface area contributed by atoms with Gasteiger partial charge in [-0.2, -0.15) is 0 Å². The summed E-state index contributed by atoms with van der Waals surface area (Å²) in [6, 6.07) is 7.19. The first kappa shape index (κ1) is 16.0. The molecule has 1 N–H and O–H groups in total. The normalized spacial score (nSPS) is 24.5. The average Bonchev–Trinajstić information content (AvgIpc) is 3.09. The highest BCUT2D eigenvalue weighted by Crippen LogP contribution is 2.20. The molecule has 124 valence electrons. The van der Waals surface area contributed by atoms with Crippen LogP contribution in [0.4, 0.5) is 5.69 Å². The van der Waals surface area contributed by atoms with Crippen molar-refractivity contribution in [2.45, 2.75) is 38.7 Å². The molecular weight excluding hydrogens is 292 g/mol. The Morgan fingerprint density at radius 3 is 2.87 bits per heavy atom. The van der Waals surface area contributed by atoms with Crippen LogP contribution in [-0.4, -0.2) is 42.5 Å². The summed E-state index contributed by atoms with van der Waals surface area (Å²) in [5.74, 6) is 0.471. The molecule has 0 radical (unpaired) electrons. The van der Waals surface area contributed by atoms with Gasteiger partial charge in [0, 0.05) is 30.9 Å². The van der Waals surface area contributed by atoms with Crippen LogP contribution in [0.25, 0.3) is 0 Å². The Morgan fingerprint density at radius 1 is 1.26 bits per heavy atom. The summed E-state index contributed by atoms with van der Waals surface area (Å²) >= 11 is 0. The largest absolute Gasteiger partial charge is 0.368 e. The quantitative estimate of drug-likeness (QED) is 0.932. The molecule has 2 unspecified atom stereocenters. The molecule has 3 rings (SSSR count). The molecular formula is C18H24N2O3. The second-order valence-corrected chi connectivity index (χ2v) is 6.57. The summed E-state index contributed by atoms with van der Waals surface area (Å²) in [7, 11) is 0. The van der Waals surface area contributed by atoms with Crippen molar-refractivity contribution in [3.8, 4) is 0 Å². The van der Waals surface area contributed by atoms with E-state index in [1.54, 1.807) is 6.07 Å². The zero-order valence-corrected chi connectivity index (χ0v) is 13.6. The molecule has 0 spiro atoms. The molecule has 1 aromatic rings. The fraction of sp³-hybridized carbons (Fsp3) is 0.556. The third-order valence-electron chi connectivity index (χ3n) is 4.54. The maximum Gasteiger partial charge on any atom is 0.253 e. The zero-order valence-electron chi connectivity index (χ0n) is 13.6. The van der Waals surface area contributed by atoms with Gasteiger partial charge in [-0.3, -0.25) is 9.59 Å². The third kappa shape index (κ3) is 3.91. The van der Waals surface area contributed by atoms with Crippen LogP contribution in [0.3, 0.4) is 0 Å². The topological polar surface area (TPSA) is 58.6 Å². The molecule has 2 atom stereocenters. The van der Waals surface area contributed by atoms with Crippen LogP contribution in [0, 0.1) is 5.92 Å². The van der Waals surface area contributed by atoms with Crippen LogP contribution in [0.2, 0.25) is 0 Å². The van der Waals surface area contributed by atoms with Crippen molar-refractivity contribution >= 4 is 17.5 Å². The van der Waals surface area contributed by atoms with Crippen molar-refractivity contribution in [2.75, 3.05) is 25.0 Å². The van der Waals surface area contributed by atoms with Crippen LogP contribution in [0.5, 0.6) is 0 Å². The van der Waals surface area contributed by atoms with E-state index in [2.05, 4.69) is 12.2 Å². The Morgan fingerprint density at radius 2 is 2.13 bits per heavy atom. The van der Waals surface area contributed by atoms with Crippen LogP contribution < -0.4 is 5.32 Å². The monoisotopic (exact) mass is 316 g/mol. The van der Waals surface area contributed by atoms with E-state index in [1.807, 2.05) is 23.1 Å². The predicted molar refractivity (Wildman–Crippen MR) is 88.3 cm³/mol. The Bertz CT molecular complexity index is 581. The van der Waals surface area contributed by atoms with E-state index in [0.29, 0.717) is 23.8 Å². The Labute approximate surface area is 137 Å². The van der Waals surface area contributed by atoms with E-state index >= 15 is 0 Å². The maximum absolute atomic E-state index is 12.6. The summed E-state index contributed by atoms with van der Waals surface area (Å²) < 4.78 is 5.38. The molecule has 0 bridgehead atoms. The van der Waals surface area contributed by atoms with E-state index in [-0.39, 0.29) is 17.9 Å². The van der Waals surface area contributed by atoms with Crippen LogP contribution in [0.15, 0.2) is 24.3 Å². The Kier molecular flexibility index (Phi) is 4.96. The van der Waals surface area contributed by atoms with Crippen molar-refractivity contribution in [1.82, 2.24) is 4.90 Å². The number of rotatable bonds is 3. The first-order valence-electron chi connectivity index (χ1n) is 8.45. The van der Waals surface area contributed by atoms with Gasteiger partial charge in [-0.15, -0.1) is 0 Å². The number of carbonyl (C=O) groups is 2. The van der Waals surface area contributed by atoms with Crippen LogP contribution in [-0.2, 0) is 9.53 Å². The van der Waals surface area contributed by atoms with Crippen molar-refractivity contribution in [1.29, 1.82) is 0 Å². The summed E-state index contributed by atoms with van der Waals surface area (Å²) in [4.78, 5) is 26.6. The van der Waals surface area contributed by atoms with E-state index in [9.17, 15) is 9.59 Å². The molecule has 5 nitrogen and oxygen atoms in total. The number of nitrogens with one attached hydrogen (secondary N) is 1. The lowest BCUT2D eigenvalue weighted by atomic mass is 9.99. The number of amides is 2. The second-order valence-electron chi connectivity index (χ2n) is 6.57. The number of carbonyl (C=O) groups excluding carboxylic acids is 2. The minimum absolute atomic E-state index is 0.0461. The number of hydrogen-bond acceptors (Lipinski definition) is 3. The van der Waals surface area contributed by atoms with Gasteiger partial charge in [0.25, 0.3) is 11.8 Å². The number of nitrogens with zero attached hydrogens (tertiary/aromatic N) is 1. The van der Waals surface area contributed by atoms with Gasteiger partial charge < -0.3 is 15.0 Å². The first-order chi connectivity index (χ1) is 11.1. The van der Waals surface area contributed by atoms with Gasteiger partial charge in [-0.05, 0) is 49.8 Å². The summed E-state index contributed by atoms with van der Waals surface area (Å²) in [6.45, 7) is 4.45. The SMILES string of the molecule is CC1CCCN(C(=O)c2cccc(NC(=O)C3CCCO3)c2)C1. The zero-order chi connectivity index (χ0) is 16.2. The van der Waals surface area contributed by atoms with Gasteiger partial charge in [-0.25, -0.2) is 0 Å². The molecule has 2 aliphatic rings. The number of ether oxygens (including phenoxy) is 1. The standard InChI is InChI=1S/C18H24N2O3/c1-13-5-3-9-20(12-13)18(22)14-6-2-7-15(11-14)19-17(21)16-8-4-10-23-16/h2,6-7,11,13,16H,3-5,8-10,12H2,1H3,(H,19,21). The highest BCUT2D eigenvalue weighted by molar-refractivity contribution is 5.98. The summed E-state index contributed by atoms with van der Waals surface area (Å²) in [5, 5.41) is 2.86. The van der Waals surface area contributed by atoms with Gasteiger partial charge in [0.05, 0.1) is 0 Å². The number of likely N-dealkylation sites (tertiary alicyclic amines) is 1. The molecule has 2 amide bonds. The van der Waals surface area contributed by atoms with Gasteiger partial charge >= 0.3 is 0 Å². The van der Waals surface area contributed by atoms with Gasteiger partial charge in [-0.1, -0.05) is 13.0 Å². The van der Waals surface area contributed by atoms with Gasteiger partial charge in [0.15, 0.2) is 0 Å². The highest BCUT2D eigenvalue weighted by Gasteiger charge is 2.25. The number of piperidine rings is 1. The molecule has 0 aromatic heterocycles. The lowest BCUT2D eigenvalue weighted by Gasteiger charge is -2.31. The summed E-state index contributed by atoms with van der Waals surface area (Å²) in [5.41, 5.74) is 1.28. The van der Waals surface area contributed by atoms with E-state index < -0.39 is 0 Å². The number of benzene rings is 1. The second kappa shape index (κ2) is 7.13. The minimum atomic E-state index is -0.364.